The van der Waals surface area contributed by atoms with Gasteiger partial charge in [0.25, 0.3) is 0 Å². The third-order valence-electron chi connectivity index (χ3n) is 4.92. The SMILES string of the molecule is CN(Cc1nnnn1C1CC1)C1CC2CCC(C1)N2. The Morgan fingerprint density at radius 2 is 1.95 bits per heavy atom. The highest BCUT2D eigenvalue weighted by Crippen LogP contribution is 2.35. The average molecular weight is 262 g/mol. The second kappa shape index (κ2) is 4.52. The maximum absolute atomic E-state index is 4.21. The molecule has 0 aromatic carbocycles. The zero-order valence-electron chi connectivity index (χ0n) is 11.5. The molecular formula is C13H22N6. The minimum Gasteiger partial charge on any atom is -0.311 e. The van der Waals surface area contributed by atoms with Crippen molar-refractivity contribution in [1.82, 2.24) is 30.4 Å². The number of nitrogens with one attached hydrogen (secondary N) is 1. The standard InChI is InChI=1S/C13H22N6/c1-18(12-6-9-2-3-10(7-12)14-9)8-13-15-16-17-19(13)11-4-5-11/h9-12,14H,2-8H2,1H3. The number of nitrogens with zero attached hydrogens (tertiary/aromatic N) is 5. The normalized spacial score (nSPS) is 34.1. The summed E-state index contributed by atoms with van der Waals surface area (Å²) in [6, 6.07) is 2.74. The topological polar surface area (TPSA) is 58.9 Å². The minimum absolute atomic E-state index is 0.572. The van der Waals surface area contributed by atoms with Crippen LogP contribution in [0, 0.1) is 0 Å². The van der Waals surface area contributed by atoms with E-state index in [1.54, 1.807) is 0 Å². The molecule has 4 rings (SSSR count). The van der Waals surface area contributed by atoms with E-state index in [2.05, 4.69) is 32.8 Å². The van der Waals surface area contributed by atoms with Crippen LogP contribution in [0.5, 0.6) is 0 Å². The number of tetrazole rings is 1. The highest BCUT2D eigenvalue weighted by Gasteiger charge is 2.36. The molecule has 2 saturated heterocycles. The van der Waals surface area contributed by atoms with Gasteiger partial charge in [-0.25, -0.2) is 4.68 Å². The molecule has 0 amide bonds. The number of aromatic nitrogens is 4. The van der Waals surface area contributed by atoms with Crippen molar-refractivity contribution in [3.05, 3.63) is 5.82 Å². The highest BCUT2D eigenvalue weighted by molar-refractivity contribution is 4.97. The van der Waals surface area contributed by atoms with E-state index in [1.165, 1.54) is 38.5 Å². The average Bonchev–Trinajstić information content (AvgIpc) is 3.07. The number of hydrogen-bond acceptors (Lipinski definition) is 5. The zero-order chi connectivity index (χ0) is 12.8. The van der Waals surface area contributed by atoms with Crippen LogP contribution in [0.25, 0.3) is 0 Å². The van der Waals surface area contributed by atoms with Crippen molar-refractivity contribution in [2.45, 2.75) is 69.2 Å². The van der Waals surface area contributed by atoms with E-state index in [9.17, 15) is 0 Å². The van der Waals surface area contributed by atoms with Crippen molar-refractivity contribution in [2.24, 2.45) is 0 Å². The number of piperidine rings is 1. The second-order valence-electron chi connectivity index (χ2n) is 6.45. The third kappa shape index (κ3) is 2.27. The van der Waals surface area contributed by atoms with Crippen LogP contribution in [0.3, 0.4) is 0 Å². The van der Waals surface area contributed by atoms with Gasteiger partial charge in [-0.15, -0.1) is 5.10 Å². The van der Waals surface area contributed by atoms with Crippen molar-refractivity contribution in [2.75, 3.05) is 7.05 Å². The van der Waals surface area contributed by atoms with Crippen LogP contribution < -0.4 is 5.32 Å². The lowest BCUT2D eigenvalue weighted by atomic mass is 9.98. The van der Waals surface area contributed by atoms with E-state index in [-0.39, 0.29) is 0 Å². The molecule has 6 heteroatoms. The molecular weight excluding hydrogens is 240 g/mol. The zero-order valence-corrected chi connectivity index (χ0v) is 11.5. The van der Waals surface area contributed by atoms with Crippen LogP contribution in [-0.4, -0.2) is 50.3 Å². The number of hydrogen-bond donors (Lipinski definition) is 1. The van der Waals surface area contributed by atoms with Crippen LogP contribution in [0.15, 0.2) is 0 Å². The molecule has 3 heterocycles. The largest absolute Gasteiger partial charge is 0.311 e. The molecule has 2 atom stereocenters. The molecule has 0 spiro atoms. The van der Waals surface area contributed by atoms with Gasteiger partial charge in [0.1, 0.15) is 0 Å². The first kappa shape index (κ1) is 11.8. The van der Waals surface area contributed by atoms with Gasteiger partial charge in [0, 0.05) is 18.1 Å². The smallest absolute Gasteiger partial charge is 0.165 e. The first-order valence-corrected chi connectivity index (χ1v) is 7.52. The molecule has 2 bridgehead atoms. The van der Waals surface area contributed by atoms with Crippen molar-refractivity contribution in [3.8, 4) is 0 Å². The van der Waals surface area contributed by atoms with Gasteiger partial charge in [-0.2, -0.15) is 0 Å². The van der Waals surface area contributed by atoms with Gasteiger partial charge in [0.2, 0.25) is 0 Å². The summed E-state index contributed by atoms with van der Waals surface area (Å²) in [7, 11) is 2.22. The summed E-state index contributed by atoms with van der Waals surface area (Å²) in [6.07, 6.45) is 7.73. The Hall–Kier alpha value is -1.01. The monoisotopic (exact) mass is 262 g/mol. The summed E-state index contributed by atoms with van der Waals surface area (Å²) in [5, 5.41) is 15.9. The van der Waals surface area contributed by atoms with E-state index in [0.717, 1.165) is 24.5 Å². The quantitative estimate of drug-likeness (QED) is 0.866. The first-order chi connectivity index (χ1) is 9.29. The highest BCUT2D eigenvalue weighted by atomic mass is 15.6. The Morgan fingerprint density at radius 1 is 1.21 bits per heavy atom. The Bertz CT molecular complexity index is 442. The fourth-order valence-corrected chi connectivity index (χ4v) is 3.66. The lowest BCUT2D eigenvalue weighted by molar-refractivity contribution is 0.160. The molecule has 1 aliphatic carbocycles. The molecule has 0 radical (unpaired) electrons. The molecule has 1 N–H and O–H groups in total. The molecule has 104 valence electrons. The Labute approximate surface area is 113 Å². The van der Waals surface area contributed by atoms with E-state index < -0.39 is 0 Å². The fraction of sp³-hybridized carbons (Fsp3) is 0.923. The second-order valence-corrected chi connectivity index (χ2v) is 6.45. The summed E-state index contributed by atoms with van der Waals surface area (Å²) >= 11 is 0. The molecule has 6 nitrogen and oxygen atoms in total. The predicted octanol–water partition coefficient (Wildman–Crippen LogP) is 0.723. The van der Waals surface area contributed by atoms with Gasteiger partial charge in [-0.3, -0.25) is 4.90 Å². The molecule has 1 aromatic rings. The summed E-state index contributed by atoms with van der Waals surface area (Å²) in [4.78, 5) is 2.46. The maximum atomic E-state index is 4.21. The van der Waals surface area contributed by atoms with Gasteiger partial charge in [-0.1, -0.05) is 0 Å². The minimum atomic E-state index is 0.572. The summed E-state index contributed by atoms with van der Waals surface area (Å²) < 4.78 is 2.03. The Balaban J connectivity index is 1.43. The van der Waals surface area contributed by atoms with E-state index in [4.69, 9.17) is 0 Å². The van der Waals surface area contributed by atoms with Gasteiger partial charge < -0.3 is 5.32 Å². The van der Waals surface area contributed by atoms with Crippen LogP contribution in [0.2, 0.25) is 0 Å². The van der Waals surface area contributed by atoms with Gasteiger partial charge in [-0.05, 0) is 56.0 Å². The molecule has 2 unspecified atom stereocenters. The van der Waals surface area contributed by atoms with E-state index in [0.29, 0.717) is 12.1 Å². The van der Waals surface area contributed by atoms with Gasteiger partial charge >= 0.3 is 0 Å². The molecule has 2 aliphatic heterocycles. The van der Waals surface area contributed by atoms with E-state index in [1.807, 2.05) is 4.68 Å². The molecule has 19 heavy (non-hydrogen) atoms. The number of rotatable bonds is 4. The van der Waals surface area contributed by atoms with Crippen LogP contribution in [0.1, 0.15) is 50.4 Å². The lowest BCUT2D eigenvalue weighted by Crippen LogP contribution is -2.46. The Morgan fingerprint density at radius 3 is 2.63 bits per heavy atom. The van der Waals surface area contributed by atoms with Crippen molar-refractivity contribution < 1.29 is 0 Å². The molecule has 1 saturated carbocycles. The molecule has 1 aromatic heterocycles. The summed E-state index contributed by atoms with van der Waals surface area (Å²) in [6.45, 7) is 0.883. The number of fused-ring (bicyclic) bond motifs is 2. The Kier molecular flexibility index (Phi) is 2.81. The molecule has 3 fully saturated rings. The van der Waals surface area contributed by atoms with Crippen LogP contribution in [0.4, 0.5) is 0 Å². The summed E-state index contributed by atoms with van der Waals surface area (Å²) in [5.74, 6) is 1.04. The van der Waals surface area contributed by atoms with Crippen molar-refractivity contribution >= 4 is 0 Å². The maximum Gasteiger partial charge on any atom is 0.165 e. The van der Waals surface area contributed by atoms with Crippen molar-refractivity contribution in [1.29, 1.82) is 0 Å². The lowest BCUT2D eigenvalue weighted by Gasteiger charge is -2.35. The van der Waals surface area contributed by atoms with Crippen LogP contribution >= 0.6 is 0 Å². The van der Waals surface area contributed by atoms with Crippen LogP contribution in [-0.2, 0) is 6.54 Å². The van der Waals surface area contributed by atoms with Gasteiger partial charge in [0.05, 0.1) is 12.6 Å². The summed E-state index contributed by atoms with van der Waals surface area (Å²) in [5.41, 5.74) is 0. The molecule has 3 aliphatic rings. The predicted molar refractivity (Wildman–Crippen MR) is 70.5 cm³/mol. The van der Waals surface area contributed by atoms with Crippen molar-refractivity contribution in [3.63, 3.8) is 0 Å². The fourth-order valence-electron chi connectivity index (χ4n) is 3.66. The van der Waals surface area contributed by atoms with Gasteiger partial charge in [0.15, 0.2) is 5.82 Å². The van der Waals surface area contributed by atoms with E-state index >= 15 is 0 Å². The third-order valence-corrected chi connectivity index (χ3v) is 4.92. The first-order valence-electron chi connectivity index (χ1n) is 7.52.